The van der Waals surface area contributed by atoms with E-state index in [0.717, 1.165) is 22.7 Å². The van der Waals surface area contributed by atoms with Crippen molar-refractivity contribution < 1.29 is 9.59 Å². The summed E-state index contributed by atoms with van der Waals surface area (Å²) in [7, 11) is 3.51. The first kappa shape index (κ1) is 27.4. The molecule has 2 saturated heterocycles. The average Bonchev–Trinajstić information content (AvgIpc) is 3.57. The van der Waals surface area contributed by atoms with Crippen molar-refractivity contribution in [1.29, 1.82) is 0 Å². The van der Waals surface area contributed by atoms with Gasteiger partial charge >= 0.3 is 0 Å². The Labute approximate surface area is 239 Å². The highest BCUT2D eigenvalue weighted by molar-refractivity contribution is 8.15. The lowest BCUT2D eigenvalue weighted by atomic mass is 9.80. The predicted molar refractivity (Wildman–Crippen MR) is 156 cm³/mol. The number of benzene rings is 2. The second-order valence-electron chi connectivity index (χ2n) is 11.1. The molecule has 3 aliphatic rings. The molecule has 0 aliphatic carbocycles. The van der Waals surface area contributed by atoms with Gasteiger partial charge in [0, 0.05) is 30.7 Å². The zero-order valence-electron chi connectivity index (χ0n) is 22.4. The zero-order valence-corrected chi connectivity index (χ0v) is 24.7. The van der Waals surface area contributed by atoms with Gasteiger partial charge in [-0.05, 0) is 61.1 Å². The van der Waals surface area contributed by atoms with E-state index in [1.54, 1.807) is 30.8 Å². The number of aliphatic imine (C=N–C) groups is 1. The highest BCUT2D eigenvalue weighted by Crippen LogP contribution is 2.55. The van der Waals surface area contributed by atoms with Crippen LogP contribution in [0.3, 0.4) is 0 Å². The molecule has 5 rings (SSSR count). The van der Waals surface area contributed by atoms with Gasteiger partial charge in [0.05, 0.1) is 12.1 Å². The van der Waals surface area contributed by atoms with E-state index in [1.807, 2.05) is 41.3 Å². The molecule has 0 bridgehead atoms. The molecule has 9 heteroatoms. The second kappa shape index (κ2) is 10.4. The quantitative estimate of drug-likeness (QED) is 0.451. The van der Waals surface area contributed by atoms with E-state index < -0.39 is 11.6 Å². The lowest BCUT2D eigenvalue weighted by molar-refractivity contribution is -0.142. The number of likely N-dealkylation sites (tertiary alicyclic amines) is 1. The number of hydrogen-bond donors (Lipinski definition) is 0. The lowest BCUT2D eigenvalue weighted by Crippen LogP contribution is -2.53. The molecule has 0 N–H and O–H groups in total. The smallest absolute Gasteiger partial charge is 0.244 e. The Morgan fingerprint density at radius 3 is 2.24 bits per heavy atom. The largest absolute Gasteiger partial charge is 0.347 e. The maximum absolute atomic E-state index is 14.1. The Kier molecular flexibility index (Phi) is 7.48. The van der Waals surface area contributed by atoms with E-state index in [4.69, 9.17) is 28.2 Å². The van der Waals surface area contributed by atoms with Crippen LogP contribution >= 0.6 is 35.0 Å². The number of carbonyl (C=O) groups excluding carboxylic acids is 2. The minimum atomic E-state index is -0.584. The Balaban J connectivity index is 1.57. The number of amidine groups is 1. The van der Waals surface area contributed by atoms with Crippen molar-refractivity contribution in [1.82, 2.24) is 14.7 Å². The molecule has 2 amide bonds. The van der Waals surface area contributed by atoms with Crippen LogP contribution in [0, 0.1) is 5.92 Å². The Hall–Kier alpha value is -2.22. The summed E-state index contributed by atoms with van der Waals surface area (Å²) in [6, 6.07) is 15.2. The van der Waals surface area contributed by atoms with E-state index >= 15 is 0 Å². The predicted octanol–water partition coefficient (Wildman–Crippen LogP) is 5.84. The van der Waals surface area contributed by atoms with Crippen LogP contribution in [0.5, 0.6) is 0 Å². The first-order valence-corrected chi connectivity index (χ1v) is 14.7. The average molecular weight is 574 g/mol. The number of amides is 2. The summed E-state index contributed by atoms with van der Waals surface area (Å²) in [4.78, 5) is 38.1. The number of halogens is 2. The van der Waals surface area contributed by atoms with Crippen LogP contribution in [0.2, 0.25) is 10.0 Å². The maximum atomic E-state index is 14.1. The van der Waals surface area contributed by atoms with Gasteiger partial charge in [0.15, 0.2) is 5.17 Å². The molecule has 38 heavy (non-hydrogen) atoms. The summed E-state index contributed by atoms with van der Waals surface area (Å²) in [6.45, 7) is 7.10. The SMILES string of the molecule is CC(C)[C@H]1[C@H](C(=O)N2CCC[C@H]2C(=O)N(C)C)SC2=N[C@@](C)(c3ccc(Cl)cc3)[C@@H](c3ccc(Cl)cc3)N21. The van der Waals surface area contributed by atoms with Gasteiger partial charge in [0.2, 0.25) is 11.8 Å². The molecular weight excluding hydrogens is 539 g/mol. The van der Waals surface area contributed by atoms with Crippen LogP contribution in [-0.2, 0) is 15.1 Å². The fraction of sp³-hybridized carbons (Fsp3) is 0.483. The standard InChI is InChI=1S/C29H34Cl2N4O2S/c1-17(2)23-24(27(37)34-16-6-7-22(34)26(36)33(4)5)38-28-32-29(3,19-10-14-21(31)15-11-19)25(35(23)28)18-8-12-20(30)13-9-18/h8-15,17,22-25H,6-7,16H2,1-5H3/t22-,23-,24+,25+,29-/m0/s1. The summed E-state index contributed by atoms with van der Waals surface area (Å²) in [5.74, 6) is 0.204. The van der Waals surface area contributed by atoms with Crippen LogP contribution in [0.1, 0.15) is 50.8 Å². The molecule has 202 valence electrons. The van der Waals surface area contributed by atoms with Gasteiger partial charge in [0.1, 0.15) is 16.8 Å². The maximum Gasteiger partial charge on any atom is 0.244 e. The van der Waals surface area contributed by atoms with Gasteiger partial charge in [-0.2, -0.15) is 0 Å². The van der Waals surface area contributed by atoms with Crippen LogP contribution in [0.25, 0.3) is 0 Å². The Morgan fingerprint density at radius 1 is 1.05 bits per heavy atom. The lowest BCUT2D eigenvalue weighted by Gasteiger charge is -2.41. The number of thioether (sulfide) groups is 1. The van der Waals surface area contributed by atoms with Gasteiger partial charge in [-0.1, -0.05) is 73.1 Å². The molecule has 0 saturated carbocycles. The first-order chi connectivity index (χ1) is 18.0. The van der Waals surface area contributed by atoms with Crippen molar-refractivity contribution in [2.24, 2.45) is 10.9 Å². The second-order valence-corrected chi connectivity index (χ2v) is 13.1. The van der Waals surface area contributed by atoms with Gasteiger partial charge in [-0.25, -0.2) is 4.99 Å². The normalized spacial score (nSPS) is 28.6. The molecule has 0 aromatic heterocycles. The van der Waals surface area contributed by atoms with E-state index in [9.17, 15) is 9.59 Å². The molecule has 2 aromatic carbocycles. The van der Waals surface area contributed by atoms with Crippen LogP contribution in [-0.4, -0.2) is 69.7 Å². The first-order valence-electron chi connectivity index (χ1n) is 13.1. The molecule has 0 radical (unpaired) electrons. The molecule has 2 aromatic rings. The summed E-state index contributed by atoms with van der Waals surface area (Å²) in [6.07, 6.45) is 1.55. The molecule has 3 aliphatic heterocycles. The Morgan fingerprint density at radius 2 is 1.66 bits per heavy atom. The fourth-order valence-electron chi connectivity index (χ4n) is 6.17. The van der Waals surface area contributed by atoms with Gasteiger partial charge < -0.3 is 14.7 Å². The Bertz CT molecular complexity index is 1250. The highest BCUT2D eigenvalue weighted by Gasteiger charge is 2.58. The molecule has 0 spiro atoms. The molecule has 0 unspecified atom stereocenters. The monoisotopic (exact) mass is 572 g/mol. The summed E-state index contributed by atoms with van der Waals surface area (Å²) < 4.78 is 0. The van der Waals surface area contributed by atoms with Gasteiger partial charge in [0.25, 0.3) is 0 Å². The van der Waals surface area contributed by atoms with Crippen LogP contribution < -0.4 is 0 Å². The van der Waals surface area contributed by atoms with Crippen molar-refractivity contribution in [2.75, 3.05) is 20.6 Å². The third kappa shape index (κ3) is 4.61. The van der Waals surface area contributed by atoms with Crippen LogP contribution in [0.4, 0.5) is 0 Å². The van der Waals surface area contributed by atoms with Crippen molar-refractivity contribution in [3.05, 3.63) is 69.7 Å². The fourth-order valence-corrected chi connectivity index (χ4v) is 8.06. The highest BCUT2D eigenvalue weighted by atomic mass is 35.5. The number of nitrogens with zero attached hydrogens (tertiary/aromatic N) is 4. The van der Waals surface area contributed by atoms with E-state index in [0.29, 0.717) is 23.0 Å². The number of hydrogen-bond acceptors (Lipinski definition) is 5. The molecule has 2 fully saturated rings. The number of fused-ring (bicyclic) bond motifs is 1. The number of rotatable bonds is 5. The van der Waals surface area contributed by atoms with Gasteiger partial charge in [-0.15, -0.1) is 0 Å². The minimum Gasteiger partial charge on any atom is -0.347 e. The summed E-state index contributed by atoms with van der Waals surface area (Å²) in [5.41, 5.74) is 1.57. The molecule has 5 atom stereocenters. The zero-order chi connectivity index (χ0) is 27.4. The minimum absolute atomic E-state index is 0.00728. The van der Waals surface area contributed by atoms with Crippen LogP contribution in [0.15, 0.2) is 53.5 Å². The van der Waals surface area contributed by atoms with Crippen molar-refractivity contribution in [3.63, 3.8) is 0 Å². The number of likely N-dealkylation sites (N-methyl/N-ethyl adjacent to an activating group) is 1. The van der Waals surface area contributed by atoms with E-state index in [-0.39, 0.29) is 35.1 Å². The topological polar surface area (TPSA) is 56.2 Å². The van der Waals surface area contributed by atoms with Crippen molar-refractivity contribution >= 4 is 51.9 Å². The number of carbonyl (C=O) groups is 2. The van der Waals surface area contributed by atoms with Crippen molar-refractivity contribution in [3.8, 4) is 0 Å². The summed E-state index contributed by atoms with van der Waals surface area (Å²) in [5, 5.41) is 1.89. The van der Waals surface area contributed by atoms with E-state index in [2.05, 4.69) is 37.8 Å². The molecule has 6 nitrogen and oxygen atoms in total. The van der Waals surface area contributed by atoms with Crippen molar-refractivity contribution in [2.45, 2.75) is 62.5 Å². The summed E-state index contributed by atoms with van der Waals surface area (Å²) >= 11 is 14.0. The molecular formula is C29H34Cl2N4O2S. The third-order valence-electron chi connectivity index (χ3n) is 8.03. The molecule has 3 heterocycles. The third-order valence-corrected chi connectivity index (χ3v) is 9.78. The van der Waals surface area contributed by atoms with E-state index in [1.165, 1.54) is 0 Å². The van der Waals surface area contributed by atoms with Gasteiger partial charge in [-0.3, -0.25) is 9.59 Å².